The van der Waals surface area contributed by atoms with Crippen molar-refractivity contribution in [3.05, 3.63) is 62.6 Å². The van der Waals surface area contributed by atoms with Crippen molar-refractivity contribution in [3.63, 3.8) is 0 Å². The fourth-order valence-electron chi connectivity index (χ4n) is 5.39. The van der Waals surface area contributed by atoms with Gasteiger partial charge in [-0.2, -0.15) is 0 Å². The lowest BCUT2D eigenvalue weighted by Crippen LogP contribution is -2.70. The van der Waals surface area contributed by atoms with Crippen molar-refractivity contribution in [2.75, 3.05) is 13.6 Å². The number of piperidine rings is 1. The topological polar surface area (TPSA) is 120 Å². The van der Waals surface area contributed by atoms with Gasteiger partial charge in [0.15, 0.2) is 0 Å². The number of likely N-dealkylation sites (tertiary alicyclic amines) is 1. The molecule has 0 saturated carbocycles. The standard InChI is InChI=1S/C22H27N3O4/c1-12-4-5-15(26)9-17(12)21-6-7-25(3)13(2)22(21,29)10-14-8-16(19(23)27)20(28)24-18(14)11-21/h4-5,8-9,13,26,29H,6-7,10-11H2,1-3H3,(H2,23,27)(H,24,28)/t13-,21-,22-/m1/s1. The maximum Gasteiger partial charge on any atom is 0.261 e. The molecule has 0 radical (unpaired) electrons. The van der Waals surface area contributed by atoms with Crippen LogP contribution in [0.1, 0.15) is 46.1 Å². The molecule has 2 heterocycles. The average Bonchev–Trinajstić information content (AvgIpc) is 2.66. The number of benzene rings is 1. The first-order valence-corrected chi connectivity index (χ1v) is 9.86. The van der Waals surface area contributed by atoms with Gasteiger partial charge in [-0.05, 0) is 68.8 Å². The molecule has 1 saturated heterocycles. The number of carbonyl (C=O) groups is 1. The van der Waals surface area contributed by atoms with E-state index < -0.39 is 22.5 Å². The lowest BCUT2D eigenvalue weighted by atomic mass is 9.53. The smallest absolute Gasteiger partial charge is 0.261 e. The van der Waals surface area contributed by atoms with Crippen molar-refractivity contribution in [3.8, 4) is 5.75 Å². The quantitative estimate of drug-likeness (QED) is 0.602. The molecule has 1 amide bonds. The predicted octanol–water partition coefficient (Wildman–Crippen LogP) is 0.980. The number of H-pyrrole nitrogens is 1. The number of hydrogen-bond acceptors (Lipinski definition) is 5. The van der Waals surface area contributed by atoms with E-state index >= 15 is 0 Å². The summed E-state index contributed by atoms with van der Waals surface area (Å²) in [5, 5.41) is 22.4. The van der Waals surface area contributed by atoms with E-state index in [-0.39, 0.29) is 23.8 Å². The Kier molecular flexibility index (Phi) is 4.36. The Morgan fingerprint density at radius 2 is 2.03 bits per heavy atom. The number of phenolic OH excluding ortho intramolecular Hbond substituents is 1. The number of aromatic hydroxyl groups is 1. The summed E-state index contributed by atoms with van der Waals surface area (Å²) in [6.45, 7) is 4.75. The molecule has 7 nitrogen and oxygen atoms in total. The summed E-state index contributed by atoms with van der Waals surface area (Å²) in [5.41, 5.74) is 6.25. The molecule has 1 aliphatic carbocycles. The molecule has 2 aliphatic rings. The number of pyridine rings is 1. The number of aromatic nitrogens is 1. The summed E-state index contributed by atoms with van der Waals surface area (Å²) >= 11 is 0. The molecule has 0 unspecified atom stereocenters. The van der Waals surface area contributed by atoms with Gasteiger partial charge in [-0.1, -0.05) is 6.07 Å². The summed E-state index contributed by atoms with van der Waals surface area (Å²) in [4.78, 5) is 29.0. The number of fused-ring (bicyclic) bond motifs is 2. The number of nitrogens with two attached hydrogens (primary N) is 1. The first-order valence-electron chi connectivity index (χ1n) is 9.86. The zero-order valence-corrected chi connectivity index (χ0v) is 17.0. The van der Waals surface area contributed by atoms with Gasteiger partial charge in [0, 0.05) is 30.0 Å². The Morgan fingerprint density at radius 1 is 1.31 bits per heavy atom. The number of nitrogens with one attached hydrogen (secondary N) is 1. The van der Waals surface area contributed by atoms with Crippen molar-refractivity contribution >= 4 is 5.91 Å². The fraction of sp³-hybridized carbons (Fsp3) is 0.455. The van der Waals surface area contributed by atoms with Gasteiger partial charge in [-0.3, -0.25) is 9.59 Å². The number of phenols is 1. The molecule has 4 rings (SSSR count). The van der Waals surface area contributed by atoms with Crippen LogP contribution in [0.15, 0.2) is 29.1 Å². The molecule has 154 valence electrons. The number of aromatic amines is 1. The van der Waals surface area contributed by atoms with Crippen LogP contribution in [0.4, 0.5) is 0 Å². The normalized spacial score (nSPS) is 29.2. The fourth-order valence-corrected chi connectivity index (χ4v) is 5.39. The Morgan fingerprint density at radius 3 is 2.72 bits per heavy atom. The minimum atomic E-state index is -1.15. The second-order valence-corrected chi connectivity index (χ2v) is 8.65. The number of rotatable bonds is 2. The molecule has 0 spiro atoms. The molecule has 1 aromatic heterocycles. The van der Waals surface area contributed by atoms with Gasteiger partial charge in [0.25, 0.3) is 11.5 Å². The van der Waals surface area contributed by atoms with E-state index in [2.05, 4.69) is 9.88 Å². The third kappa shape index (κ3) is 2.72. The van der Waals surface area contributed by atoms with Crippen LogP contribution in [0.3, 0.4) is 0 Å². The summed E-state index contributed by atoms with van der Waals surface area (Å²) in [6.07, 6.45) is 1.36. The highest BCUT2D eigenvalue weighted by Crippen LogP contribution is 2.53. The number of amides is 1. The summed E-state index contributed by atoms with van der Waals surface area (Å²) in [7, 11) is 1.99. The lowest BCUT2D eigenvalue weighted by Gasteiger charge is -2.59. The van der Waals surface area contributed by atoms with Crippen LogP contribution in [-0.2, 0) is 18.3 Å². The van der Waals surface area contributed by atoms with Gasteiger partial charge in [-0.15, -0.1) is 0 Å². The van der Waals surface area contributed by atoms with Gasteiger partial charge in [0.05, 0.1) is 5.60 Å². The third-order valence-electron chi connectivity index (χ3n) is 7.23. The number of primary amides is 1. The molecule has 1 aliphatic heterocycles. The molecule has 1 aromatic carbocycles. The SMILES string of the molecule is Cc1ccc(O)cc1[C@]12CCN(C)[C@H](C)[C@]1(O)Cc1cc(C(N)=O)c(=O)[nH]c1C2. The molecule has 29 heavy (non-hydrogen) atoms. The van der Waals surface area contributed by atoms with Crippen LogP contribution >= 0.6 is 0 Å². The van der Waals surface area contributed by atoms with Gasteiger partial charge in [-0.25, -0.2) is 0 Å². The predicted molar refractivity (Wildman–Crippen MR) is 109 cm³/mol. The number of nitrogens with zero attached hydrogens (tertiary/aromatic N) is 1. The summed E-state index contributed by atoms with van der Waals surface area (Å²) < 4.78 is 0. The van der Waals surface area contributed by atoms with E-state index in [4.69, 9.17) is 5.73 Å². The van der Waals surface area contributed by atoms with E-state index in [9.17, 15) is 19.8 Å². The monoisotopic (exact) mass is 397 g/mol. The minimum absolute atomic E-state index is 0.0924. The molecule has 5 N–H and O–H groups in total. The van der Waals surface area contributed by atoms with Crippen LogP contribution in [0.25, 0.3) is 0 Å². The number of aliphatic hydroxyl groups is 1. The van der Waals surface area contributed by atoms with Crippen molar-refractivity contribution in [1.82, 2.24) is 9.88 Å². The molecule has 0 bridgehead atoms. The molecule has 3 atom stereocenters. The summed E-state index contributed by atoms with van der Waals surface area (Å²) in [5.74, 6) is -0.632. The molecular weight excluding hydrogens is 370 g/mol. The van der Waals surface area contributed by atoms with Crippen LogP contribution in [0.5, 0.6) is 5.75 Å². The van der Waals surface area contributed by atoms with Crippen LogP contribution in [0, 0.1) is 6.92 Å². The number of likely N-dealkylation sites (N-methyl/N-ethyl adjacent to an activating group) is 1. The van der Waals surface area contributed by atoms with Crippen molar-refractivity contribution in [2.24, 2.45) is 5.73 Å². The zero-order chi connectivity index (χ0) is 21.1. The molecule has 7 heteroatoms. The molecule has 1 fully saturated rings. The number of aryl methyl sites for hydroxylation is 1. The largest absolute Gasteiger partial charge is 0.508 e. The molecular formula is C22H27N3O4. The number of carbonyl (C=O) groups excluding carboxylic acids is 1. The third-order valence-corrected chi connectivity index (χ3v) is 7.23. The van der Waals surface area contributed by atoms with Crippen molar-refractivity contribution in [2.45, 2.75) is 50.2 Å². The highest BCUT2D eigenvalue weighted by molar-refractivity contribution is 5.92. The maximum atomic E-state index is 12.4. The highest BCUT2D eigenvalue weighted by atomic mass is 16.3. The van der Waals surface area contributed by atoms with Gasteiger partial charge >= 0.3 is 0 Å². The second kappa shape index (κ2) is 6.43. The minimum Gasteiger partial charge on any atom is -0.508 e. The maximum absolute atomic E-state index is 12.4. The van der Waals surface area contributed by atoms with Crippen LogP contribution in [-0.4, -0.2) is 51.2 Å². The van der Waals surface area contributed by atoms with E-state index in [0.29, 0.717) is 18.5 Å². The van der Waals surface area contributed by atoms with Crippen molar-refractivity contribution < 1.29 is 15.0 Å². The Bertz CT molecular complexity index is 1060. The molecule has 2 aromatic rings. The van der Waals surface area contributed by atoms with Gasteiger partial charge in [0.1, 0.15) is 11.3 Å². The van der Waals surface area contributed by atoms with Crippen molar-refractivity contribution in [1.29, 1.82) is 0 Å². The lowest BCUT2D eigenvalue weighted by molar-refractivity contribution is -0.132. The van der Waals surface area contributed by atoms with E-state index in [1.807, 2.05) is 27.0 Å². The van der Waals surface area contributed by atoms with E-state index in [1.165, 1.54) is 6.07 Å². The zero-order valence-electron chi connectivity index (χ0n) is 17.0. The summed E-state index contributed by atoms with van der Waals surface area (Å²) in [6, 6.07) is 6.59. The Hall–Kier alpha value is -2.64. The van der Waals surface area contributed by atoms with E-state index in [0.717, 1.165) is 23.2 Å². The average molecular weight is 397 g/mol. The highest BCUT2D eigenvalue weighted by Gasteiger charge is 2.60. The Balaban J connectivity index is 1.98. The first kappa shape index (κ1) is 19.7. The van der Waals surface area contributed by atoms with E-state index in [1.54, 1.807) is 12.1 Å². The second-order valence-electron chi connectivity index (χ2n) is 8.65. The first-order chi connectivity index (χ1) is 13.6. The van der Waals surface area contributed by atoms with Crippen LogP contribution < -0.4 is 11.3 Å². The van der Waals surface area contributed by atoms with Crippen LogP contribution in [0.2, 0.25) is 0 Å². The number of hydrogen-bond donors (Lipinski definition) is 4. The van der Waals surface area contributed by atoms with Gasteiger partial charge < -0.3 is 25.8 Å². The Labute approximate surface area is 169 Å². The van der Waals surface area contributed by atoms with Gasteiger partial charge in [0.2, 0.25) is 0 Å².